The summed E-state index contributed by atoms with van der Waals surface area (Å²) in [6.07, 6.45) is 1.70. The molecule has 0 radical (unpaired) electrons. The number of nitrogens with zero attached hydrogens (tertiary/aromatic N) is 1. The Morgan fingerprint density at radius 3 is 2.41 bits per heavy atom. The number of benzene rings is 3. The molecule has 4 rings (SSSR count). The Bertz CT molecular complexity index is 1100. The number of rotatable bonds is 5. The zero-order chi connectivity index (χ0) is 20.2. The lowest BCUT2D eigenvalue weighted by atomic mass is 10.2. The van der Waals surface area contributed by atoms with Crippen molar-refractivity contribution in [2.75, 3.05) is 0 Å². The summed E-state index contributed by atoms with van der Waals surface area (Å²) in [7, 11) is 0. The van der Waals surface area contributed by atoms with Gasteiger partial charge in [-0.2, -0.15) is 0 Å². The quantitative estimate of drug-likeness (QED) is 0.449. The van der Waals surface area contributed by atoms with Crippen molar-refractivity contribution in [3.05, 3.63) is 99.9 Å². The maximum atomic E-state index is 12.8. The molecule has 3 aromatic rings. The van der Waals surface area contributed by atoms with Crippen molar-refractivity contribution in [3.63, 3.8) is 0 Å². The third-order valence-corrected chi connectivity index (χ3v) is 5.57. The van der Waals surface area contributed by atoms with Crippen molar-refractivity contribution < 1.29 is 14.3 Å². The summed E-state index contributed by atoms with van der Waals surface area (Å²) in [5.74, 6) is 1.05. The van der Waals surface area contributed by atoms with Crippen LogP contribution in [0, 0.1) is 0 Å². The number of hydrogen-bond donors (Lipinski definition) is 0. The predicted molar refractivity (Wildman–Crippen MR) is 116 cm³/mol. The van der Waals surface area contributed by atoms with Crippen LogP contribution in [0.4, 0.5) is 4.79 Å². The Morgan fingerprint density at radius 2 is 1.62 bits per heavy atom. The fourth-order valence-electron chi connectivity index (χ4n) is 2.88. The molecular formula is C23H16ClNO3S. The van der Waals surface area contributed by atoms with Gasteiger partial charge in [-0.25, -0.2) is 0 Å². The zero-order valence-corrected chi connectivity index (χ0v) is 16.8. The van der Waals surface area contributed by atoms with Gasteiger partial charge in [0.25, 0.3) is 11.1 Å². The van der Waals surface area contributed by atoms with Crippen molar-refractivity contribution in [2.24, 2.45) is 0 Å². The average molecular weight is 422 g/mol. The lowest BCUT2D eigenvalue weighted by Gasteiger charge is -2.13. The lowest BCUT2D eigenvalue weighted by Crippen LogP contribution is -2.27. The minimum absolute atomic E-state index is 0.152. The third kappa shape index (κ3) is 4.53. The molecule has 0 unspecified atom stereocenters. The minimum atomic E-state index is -0.325. The van der Waals surface area contributed by atoms with Crippen molar-refractivity contribution in [3.8, 4) is 11.5 Å². The highest BCUT2D eigenvalue weighted by Crippen LogP contribution is 2.34. The third-order valence-electron chi connectivity index (χ3n) is 4.29. The van der Waals surface area contributed by atoms with Crippen LogP contribution in [0.25, 0.3) is 6.08 Å². The average Bonchev–Trinajstić information content (AvgIpc) is 2.98. The van der Waals surface area contributed by atoms with Gasteiger partial charge in [0.15, 0.2) is 0 Å². The minimum Gasteiger partial charge on any atom is -0.457 e. The van der Waals surface area contributed by atoms with Gasteiger partial charge in [-0.1, -0.05) is 60.1 Å². The number of carbonyl (C=O) groups excluding carboxylic acids is 2. The monoisotopic (exact) mass is 421 g/mol. The van der Waals surface area contributed by atoms with E-state index in [0.29, 0.717) is 15.7 Å². The topological polar surface area (TPSA) is 46.6 Å². The molecule has 1 aliphatic rings. The van der Waals surface area contributed by atoms with Gasteiger partial charge in [-0.3, -0.25) is 14.5 Å². The number of para-hydroxylation sites is 1. The molecule has 0 aliphatic carbocycles. The first kappa shape index (κ1) is 19.3. The van der Waals surface area contributed by atoms with E-state index in [1.54, 1.807) is 18.2 Å². The predicted octanol–water partition coefficient (Wildman–Crippen LogP) is 6.37. The van der Waals surface area contributed by atoms with Crippen molar-refractivity contribution in [1.29, 1.82) is 0 Å². The first-order valence-electron chi connectivity index (χ1n) is 8.92. The van der Waals surface area contributed by atoms with E-state index in [0.717, 1.165) is 28.6 Å². The van der Waals surface area contributed by atoms with Gasteiger partial charge in [-0.05, 0) is 59.3 Å². The second-order valence-electron chi connectivity index (χ2n) is 6.35. The molecule has 0 atom stereocenters. The Balaban J connectivity index is 1.53. The molecular weight excluding hydrogens is 406 g/mol. The number of halogens is 1. The summed E-state index contributed by atoms with van der Waals surface area (Å²) in [6.45, 7) is 0.152. The lowest BCUT2D eigenvalue weighted by molar-refractivity contribution is -0.123. The van der Waals surface area contributed by atoms with Gasteiger partial charge in [0.2, 0.25) is 0 Å². The Morgan fingerprint density at radius 1 is 0.897 bits per heavy atom. The highest BCUT2D eigenvalue weighted by Gasteiger charge is 2.35. The molecule has 6 heteroatoms. The van der Waals surface area contributed by atoms with Gasteiger partial charge in [0, 0.05) is 5.02 Å². The highest BCUT2D eigenvalue weighted by atomic mass is 35.5. The largest absolute Gasteiger partial charge is 0.457 e. The number of amides is 2. The van der Waals surface area contributed by atoms with Crippen LogP contribution in [0.3, 0.4) is 0 Å². The van der Waals surface area contributed by atoms with Crippen molar-refractivity contribution in [2.45, 2.75) is 6.54 Å². The molecule has 1 aliphatic heterocycles. The van der Waals surface area contributed by atoms with E-state index in [9.17, 15) is 9.59 Å². The summed E-state index contributed by atoms with van der Waals surface area (Å²) < 4.78 is 5.83. The van der Waals surface area contributed by atoms with E-state index < -0.39 is 0 Å². The summed E-state index contributed by atoms with van der Waals surface area (Å²) in [6, 6.07) is 24.0. The molecule has 4 nitrogen and oxygen atoms in total. The summed E-state index contributed by atoms with van der Waals surface area (Å²) in [4.78, 5) is 26.7. The number of thioether (sulfide) groups is 1. The fourth-order valence-corrected chi connectivity index (χ4v) is 3.91. The van der Waals surface area contributed by atoms with E-state index in [4.69, 9.17) is 16.3 Å². The molecule has 1 saturated heterocycles. The highest BCUT2D eigenvalue weighted by molar-refractivity contribution is 8.18. The molecule has 0 aromatic heterocycles. The number of carbonyl (C=O) groups is 2. The first-order valence-corrected chi connectivity index (χ1v) is 10.1. The molecule has 0 saturated carbocycles. The Labute approximate surface area is 177 Å². The molecule has 0 bridgehead atoms. The van der Waals surface area contributed by atoms with Gasteiger partial charge in [0.1, 0.15) is 11.5 Å². The number of imide groups is 1. The van der Waals surface area contributed by atoms with Crippen LogP contribution in [0.5, 0.6) is 11.5 Å². The fraction of sp³-hybridized carbons (Fsp3) is 0.0435. The van der Waals surface area contributed by atoms with Gasteiger partial charge in [-0.15, -0.1) is 0 Å². The smallest absolute Gasteiger partial charge is 0.293 e. The maximum Gasteiger partial charge on any atom is 0.293 e. The standard InChI is InChI=1S/C23H16ClNO3S/c24-20-12-5-4-8-17(20)15-25-22(26)21(29-23(25)27)14-16-7-6-11-19(13-16)28-18-9-2-1-3-10-18/h1-14H,15H2/b21-14-. The molecule has 1 heterocycles. The van der Waals surface area contributed by atoms with Crippen LogP contribution in [0.2, 0.25) is 5.02 Å². The molecule has 0 N–H and O–H groups in total. The van der Waals surface area contributed by atoms with Crippen LogP contribution in [-0.2, 0) is 11.3 Å². The van der Waals surface area contributed by atoms with Gasteiger partial charge < -0.3 is 4.74 Å². The molecule has 3 aromatic carbocycles. The van der Waals surface area contributed by atoms with Crippen LogP contribution in [0.15, 0.2) is 83.8 Å². The van der Waals surface area contributed by atoms with E-state index in [2.05, 4.69) is 0 Å². The maximum absolute atomic E-state index is 12.8. The van der Waals surface area contributed by atoms with Crippen molar-refractivity contribution in [1.82, 2.24) is 4.90 Å². The molecule has 1 fully saturated rings. The van der Waals surface area contributed by atoms with Crippen LogP contribution in [0.1, 0.15) is 11.1 Å². The molecule has 0 spiro atoms. The van der Waals surface area contributed by atoms with E-state index in [1.807, 2.05) is 66.7 Å². The van der Waals surface area contributed by atoms with E-state index >= 15 is 0 Å². The van der Waals surface area contributed by atoms with Crippen LogP contribution < -0.4 is 4.74 Å². The van der Waals surface area contributed by atoms with Gasteiger partial charge in [0.05, 0.1) is 11.4 Å². The molecule has 29 heavy (non-hydrogen) atoms. The normalized spacial score (nSPS) is 15.2. The first-order chi connectivity index (χ1) is 14.1. The summed E-state index contributed by atoms with van der Waals surface area (Å²) in [5.41, 5.74) is 1.51. The summed E-state index contributed by atoms with van der Waals surface area (Å²) >= 11 is 7.09. The van der Waals surface area contributed by atoms with Crippen LogP contribution in [-0.4, -0.2) is 16.0 Å². The zero-order valence-electron chi connectivity index (χ0n) is 15.2. The van der Waals surface area contributed by atoms with Crippen molar-refractivity contribution >= 4 is 40.6 Å². The second-order valence-corrected chi connectivity index (χ2v) is 7.75. The van der Waals surface area contributed by atoms with Gasteiger partial charge >= 0.3 is 0 Å². The molecule has 2 amide bonds. The Kier molecular flexibility index (Phi) is 5.69. The molecule has 144 valence electrons. The second kappa shape index (κ2) is 8.55. The number of hydrogen-bond acceptors (Lipinski definition) is 4. The van der Waals surface area contributed by atoms with Crippen LogP contribution >= 0.6 is 23.4 Å². The van der Waals surface area contributed by atoms with E-state index in [-0.39, 0.29) is 17.7 Å². The SMILES string of the molecule is O=C1S/C(=C\c2cccc(Oc3ccccc3)c2)C(=O)N1Cc1ccccc1Cl. The Hall–Kier alpha value is -3.02. The number of ether oxygens (including phenoxy) is 1. The summed E-state index contributed by atoms with van der Waals surface area (Å²) in [5, 5.41) is 0.221. The van der Waals surface area contributed by atoms with E-state index in [1.165, 1.54) is 4.90 Å².